The van der Waals surface area contributed by atoms with Gasteiger partial charge in [-0.2, -0.15) is 28.1 Å². The monoisotopic (exact) mass is 495 g/mol. The van der Waals surface area contributed by atoms with E-state index in [-0.39, 0.29) is 17.6 Å². The van der Waals surface area contributed by atoms with Crippen LogP contribution in [0.25, 0.3) is 0 Å². The topological polar surface area (TPSA) is 81.2 Å². The Balaban J connectivity index is 1.64. The van der Waals surface area contributed by atoms with Crippen LogP contribution >= 0.6 is 15.9 Å². The van der Waals surface area contributed by atoms with Crippen LogP contribution in [0.15, 0.2) is 53.0 Å². The number of hydrogen-bond acceptors (Lipinski definition) is 7. The van der Waals surface area contributed by atoms with Gasteiger partial charge in [0.25, 0.3) is 0 Å². The highest BCUT2D eigenvalue weighted by Crippen LogP contribution is 2.31. The average molecular weight is 496 g/mol. The maximum absolute atomic E-state index is 13.0. The second-order valence-electron chi connectivity index (χ2n) is 6.62. The van der Waals surface area contributed by atoms with Crippen LogP contribution in [0.3, 0.4) is 0 Å². The SMILES string of the molecule is FC(F)(F)c1cccc(Nc2nc(Oc3ccc(Br)cc3)nc(C3CNCCO3)n2)c1. The highest BCUT2D eigenvalue weighted by molar-refractivity contribution is 9.10. The Morgan fingerprint density at radius 3 is 2.61 bits per heavy atom. The number of halogens is 4. The van der Waals surface area contributed by atoms with E-state index in [9.17, 15) is 13.2 Å². The number of nitrogens with one attached hydrogen (secondary N) is 2. The molecule has 0 bridgehead atoms. The molecule has 0 saturated carbocycles. The summed E-state index contributed by atoms with van der Waals surface area (Å²) in [5, 5.41) is 5.99. The van der Waals surface area contributed by atoms with Crippen LogP contribution in [-0.2, 0) is 10.9 Å². The molecule has 1 aromatic heterocycles. The third kappa shape index (κ3) is 5.69. The molecule has 4 rings (SSSR count). The first-order chi connectivity index (χ1) is 14.9. The van der Waals surface area contributed by atoms with Gasteiger partial charge in [0, 0.05) is 23.2 Å². The number of nitrogens with zero attached hydrogens (tertiary/aromatic N) is 3. The Bertz CT molecular complexity index is 1040. The van der Waals surface area contributed by atoms with Gasteiger partial charge in [0.1, 0.15) is 11.9 Å². The Morgan fingerprint density at radius 1 is 1.10 bits per heavy atom. The number of aromatic nitrogens is 3. The van der Waals surface area contributed by atoms with Gasteiger partial charge in [-0.3, -0.25) is 0 Å². The van der Waals surface area contributed by atoms with Gasteiger partial charge >= 0.3 is 12.2 Å². The second kappa shape index (κ2) is 9.16. The minimum absolute atomic E-state index is 0.00373. The number of benzene rings is 2. The van der Waals surface area contributed by atoms with Gasteiger partial charge in [0.15, 0.2) is 5.82 Å². The van der Waals surface area contributed by atoms with Crippen LogP contribution in [0.4, 0.5) is 24.8 Å². The summed E-state index contributed by atoms with van der Waals surface area (Å²) in [6.07, 6.45) is -4.90. The van der Waals surface area contributed by atoms with Crippen LogP contribution < -0.4 is 15.4 Å². The smallest absolute Gasteiger partial charge is 0.416 e. The lowest BCUT2D eigenvalue weighted by Crippen LogP contribution is -2.34. The molecule has 1 atom stereocenters. The van der Waals surface area contributed by atoms with E-state index >= 15 is 0 Å². The van der Waals surface area contributed by atoms with Crippen LogP contribution in [0.5, 0.6) is 11.8 Å². The van der Waals surface area contributed by atoms with E-state index < -0.39 is 17.8 Å². The van der Waals surface area contributed by atoms with E-state index in [1.54, 1.807) is 24.3 Å². The molecule has 1 aliphatic heterocycles. The lowest BCUT2D eigenvalue weighted by Gasteiger charge is -2.22. The fourth-order valence-corrected chi connectivity index (χ4v) is 3.12. The molecule has 1 saturated heterocycles. The third-order valence-corrected chi connectivity index (χ3v) is 4.85. The maximum Gasteiger partial charge on any atom is 0.416 e. The minimum Gasteiger partial charge on any atom is -0.424 e. The van der Waals surface area contributed by atoms with E-state index in [4.69, 9.17) is 9.47 Å². The lowest BCUT2D eigenvalue weighted by atomic mass is 10.2. The molecule has 2 heterocycles. The van der Waals surface area contributed by atoms with Crippen LogP contribution in [0.2, 0.25) is 0 Å². The Hall–Kier alpha value is -2.76. The van der Waals surface area contributed by atoms with Crippen molar-refractivity contribution in [1.29, 1.82) is 0 Å². The molecule has 31 heavy (non-hydrogen) atoms. The predicted octanol–water partition coefficient (Wildman–Crippen LogP) is 4.85. The van der Waals surface area contributed by atoms with Crippen molar-refractivity contribution < 1.29 is 22.6 Å². The van der Waals surface area contributed by atoms with Gasteiger partial charge in [0.05, 0.1) is 12.2 Å². The molecule has 162 valence electrons. The minimum atomic E-state index is -4.46. The van der Waals surface area contributed by atoms with E-state index in [0.29, 0.717) is 31.3 Å². The Kier molecular flexibility index (Phi) is 6.35. The first-order valence-electron chi connectivity index (χ1n) is 9.33. The number of morpholine rings is 1. The lowest BCUT2D eigenvalue weighted by molar-refractivity contribution is -0.137. The molecular formula is C20H17BrF3N5O2. The standard InChI is InChI=1S/C20H17BrF3N5O2/c21-13-4-6-15(7-5-13)31-19-28-17(16-11-25-8-9-30-16)27-18(29-19)26-14-3-1-2-12(10-14)20(22,23)24/h1-7,10,16,25H,8-9,11H2,(H,26,27,28,29). The largest absolute Gasteiger partial charge is 0.424 e. The fraction of sp³-hybridized carbons (Fsp3) is 0.250. The summed E-state index contributed by atoms with van der Waals surface area (Å²) in [6, 6.07) is 11.8. The van der Waals surface area contributed by atoms with Crippen LogP contribution in [0, 0.1) is 0 Å². The molecule has 2 aromatic carbocycles. The van der Waals surface area contributed by atoms with Crippen molar-refractivity contribution in [3.63, 3.8) is 0 Å². The zero-order valence-corrected chi connectivity index (χ0v) is 17.6. The quantitative estimate of drug-likeness (QED) is 0.523. The molecule has 0 radical (unpaired) electrons. The van der Waals surface area contributed by atoms with Crippen molar-refractivity contribution in [3.05, 3.63) is 64.4 Å². The van der Waals surface area contributed by atoms with Crippen molar-refractivity contribution in [1.82, 2.24) is 20.3 Å². The Labute approximate surface area is 184 Å². The van der Waals surface area contributed by atoms with Crippen molar-refractivity contribution >= 4 is 27.6 Å². The van der Waals surface area contributed by atoms with Gasteiger partial charge in [-0.25, -0.2) is 0 Å². The van der Waals surface area contributed by atoms with Crippen molar-refractivity contribution in [2.45, 2.75) is 12.3 Å². The summed E-state index contributed by atoms with van der Waals surface area (Å²) in [4.78, 5) is 12.9. The molecular weight excluding hydrogens is 479 g/mol. The molecule has 11 heteroatoms. The number of ether oxygens (including phenoxy) is 2. The number of hydrogen-bond donors (Lipinski definition) is 2. The summed E-state index contributed by atoms with van der Waals surface area (Å²) in [5.41, 5.74) is -0.595. The molecule has 3 aromatic rings. The molecule has 7 nitrogen and oxygen atoms in total. The number of anilines is 2. The van der Waals surface area contributed by atoms with Gasteiger partial charge in [-0.15, -0.1) is 0 Å². The molecule has 0 spiro atoms. The number of alkyl halides is 3. The normalized spacial score (nSPS) is 16.7. The van der Waals surface area contributed by atoms with Gasteiger partial charge in [-0.05, 0) is 42.5 Å². The summed E-state index contributed by atoms with van der Waals surface area (Å²) in [5.74, 6) is 0.849. The van der Waals surface area contributed by atoms with E-state index in [1.165, 1.54) is 12.1 Å². The third-order valence-electron chi connectivity index (χ3n) is 4.32. The number of rotatable bonds is 5. The van der Waals surface area contributed by atoms with Gasteiger partial charge < -0.3 is 20.1 Å². The highest BCUT2D eigenvalue weighted by Gasteiger charge is 2.30. The Morgan fingerprint density at radius 2 is 1.90 bits per heavy atom. The van der Waals surface area contributed by atoms with Crippen molar-refractivity contribution in [2.75, 3.05) is 25.0 Å². The molecule has 1 aliphatic rings. The zero-order chi connectivity index (χ0) is 21.8. The molecule has 0 aliphatic carbocycles. The van der Waals surface area contributed by atoms with Crippen molar-refractivity contribution in [3.8, 4) is 11.8 Å². The summed E-state index contributed by atoms with van der Waals surface area (Å²) in [6.45, 7) is 1.68. The molecule has 1 fully saturated rings. The van der Waals surface area contributed by atoms with Crippen molar-refractivity contribution in [2.24, 2.45) is 0 Å². The van der Waals surface area contributed by atoms with Crippen LogP contribution in [-0.4, -0.2) is 34.6 Å². The zero-order valence-electron chi connectivity index (χ0n) is 16.0. The highest BCUT2D eigenvalue weighted by atomic mass is 79.9. The fourth-order valence-electron chi connectivity index (χ4n) is 2.86. The van der Waals surface area contributed by atoms with Crippen LogP contribution in [0.1, 0.15) is 17.5 Å². The predicted molar refractivity (Wildman–Crippen MR) is 110 cm³/mol. The first kappa shape index (κ1) is 21.5. The molecule has 0 amide bonds. The van der Waals surface area contributed by atoms with E-state index in [0.717, 1.165) is 16.6 Å². The van der Waals surface area contributed by atoms with Gasteiger partial charge in [-0.1, -0.05) is 22.0 Å². The summed E-state index contributed by atoms with van der Waals surface area (Å²) < 4.78 is 51.4. The summed E-state index contributed by atoms with van der Waals surface area (Å²) in [7, 11) is 0. The molecule has 2 N–H and O–H groups in total. The maximum atomic E-state index is 13.0. The molecule has 1 unspecified atom stereocenters. The summed E-state index contributed by atoms with van der Waals surface area (Å²) >= 11 is 3.35. The van der Waals surface area contributed by atoms with E-state index in [2.05, 4.69) is 41.5 Å². The second-order valence-corrected chi connectivity index (χ2v) is 7.54. The van der Waals surface area contributed by atoms with Gasteiger partial charge in [0.2, 0.25) is 5.95 Å². The average Bonchev–Trinajstić information content (AvgIpc) is 2.75. The first-order valence-corrected chi connectivity index (χ1v) is 10.1. The van der Waals surface area contributed by atoms with E-state index in [1.807, 2.05) is 0 Å².